The number of nitrogens with two attached hydrogens (primary N) is 2. The maximum Gasteiger partial charge on any atom is 0.310 e. The molecule has 2 aliphatic rings. The molecular weight excluding hydrogens is 705 g/mol. The van der Waals surface area contributed by atoms with Crippen molar-refractivity contribution >= 4 is 23.3 Å². The fourth-order valence-electron chi connectivity index (χ4n) is 6.61. The summed E-state index contributed by atoms with van der Waals surface area (Å²) in [5.74, 6) is 1.15. The van der Waals surface area contributed by atoms with Gasteiger partial charge in [-0.1, -0.05) is 72.8 Å². The lowest BCUT2D eigenvalue weighted by atomic mass is 10.0. The Kier molecular flexibility index (Phi) is 13.7. The molecule has 0 unspecified atom stereocenters. The van der Waals surface area contributed by atoms with E-state index in [1.165, 1.54) is 11.1 Å². The van der Waals surface area contributed by atoms with Gasteiger partial charge in [0.05, 0.1) is 37.3 Å². The van der Waals surface area contributed by atoms with Crippen molar-refractivity contribution in [1.29, 1.82) is 0 Å². The monoisotopic (exact) mass is 764 g/mol. The van der Waals surface area contributed by atoms with E-state index in [9.17, 15) is 9.59 Å². The summed E-state index contributed by atoms with van der Waals surface area (Å²) >= 11 is 0. The average Bonchev–Trinajstić information content (AvgIpc) is 3.11. The van der Waals surface area contributed by atoms with Crippen molar-refractivity contribution in [2.45, 2.75) is 117 Å². The number of rotatable bonds is 10. The first-order valence-electron chi connectivity index (χ1n) is 19.5. The van der Waals surface area contributed by atoms with Gasteiger partial charge in [-0.3, -0.25) is 9.59 Å². The highest BCUT2D eigenvalue weighted by Crippen LogP contribution is 2.37. The standard InChI is InChI=1S/2C23H30N2O3/c2*1-16(24)21-15-25(14-17-8-6-5-7-9-17)19-12-18(10-11-20(19)27-21)13-22(26)28-23(2,3)4/h2*5-12,16,21H,13-15,24H2,1-4H3/t16-,21+;16-,21-/m01/s1. The zero-order valence-corrected chi connectivity index (χ0v) is 34.3. The minimum atomic E-state index is -0.488. The molecule has 0 saturated carbocycles. The number of fused-ring (bicyclic) bond motifs is 2. The summed E-state index contributed by atoms with van der Waals surface area (Å²) < 4.78 is 23.2. The van der Waals surface area contributed by atoms with Crippen LogP contribution in [0.3, 0.4) is 0 Å². The fraction of sp³-hybridized carbons (Fsp3) is 0.435. The molecule has 0 bridgehead atoms. The van der Waals surface area contributed by atoms with Crippen LogP contribution in [0, 0.1) is 0 Å². The molecule has 0 fully saturated rings. The SMILES string of the molecule is C[C@@H](N)[C@H]1CN(Cc2ccccc2)c2cc(CC(=O)OC(C)(C)C)ccc2O1.C[C@H](N)[C@H]1CN(Cc2ccccc2)c2cc(CC(=O)OC(C)(C)C)ccc2O1. The largest absolute Gasteiger partial charge is 0.485 e. The molecule has 10 heteroatoms. The van der Waals surface area contributed by atoms with Crippen molar-refractivity contribution in [2.24, 2.45) is 11.5 Å². The molecule has 300 valence electrons. The van der Waals surface area contributed by atoms with Crippen molar-refractivity contribution in [2.75, 3.05) is 22.9 Å². The van der Waals surface area contributed by atoms with Crippen molar-refractivity contribution in [3.8, 4) is 11.5 Å². The third-order valence-corrected chi connectivity index (χ3v) is 9.23. The van der Waals surface area contributed by atoms with Gasteiger partial charge < -0.3 is 40.2 Å². The van der Waals surface area contributed by atoms with Gasteiger partial charge in [0.15, 0.2) is 0 Å². The van der Waals surface area contributed by atoms with Gasteiger partial charge in [-0.15, -0.1) is 0 Å². The number of carbonyl (C=O) groups excluding carboxylic acids is 2. The van der Waals surface area contributed by atoms with Crippen LogP contribution in [0.5, 0.6) is 11.5 Å². The topological polar surface area (TPSA) is 130 Å². The number of benzene rings is 4. The summed E-state index contributed by atoms with van der Waals surface area (Å²) in [5.41, 5.74) is 17.5. The summed E-state index contributed by atoms with van der Waals surface area (Å²) in [6.45, 7) is 18.1. The molecule has 4 atom stereocenters. The first-order valence-corrected chi connectivity index (χ1v) is 19.5. The van der Waals surface area contributed by atoms with E-state index in [0.29, 0.717) is 13.1 Å². The number of esters is 2. The van der Waals surface area contributed by atoms with Gasteiger partial charge in [0, 0.05) is 25.2 Å². The average molecular weight is 765 g/mol. The second-order valence-corrected chi connectivity index (χ2v) is 16.9. The van der Waals surface area contributed by atoms with Crippen LogP contribution in [0.15, 0.2) is 97.1 Å². The third kappa shape index (κ3) is 12.5. The number of ether oxygens (including phenoxy) is 4. The Morgan fingerprint density at radius 1 is 0.607 bits per heavy atom. The van der Waals surface area contributed by atoms with Crippen molar-refractivity contribution < 1.29 is 28.5 Å². The second kappa shape index (κ2) is 18.3. The van der Waals surface area contributed by atoms with Crippen molar-refractivity contribution in [3.05, 3.63) is 119 Å². The molecule has 0 amide bonds. The normalized spacial score (nSPS) is 17.5. The van der Waals surface area contributed by atoms with Crippen LogP contribution in [-0.4, -0.2) is 60.5 Å². The van der Waals surface area contributed by atoms with Crippen LogP contribution < -0.4 is 30.7 Å². The Labute approximate surface area is 333 Å². The summed E-state index contributed by atoms with van der Waals surface area (Å²) in [6.07, 6.45) is 0.321. The number of carbonyl (C=O) groups is 2. The Morgan fingerprint density at radius 3 is 1.29 bits per heavy atom. The zero-order chi connectivity index (χ0) is 40.6. The molecule has 0 saturated heterocycles. The van der Waals surface area contributed by atoms with Gasteiger partial charge in [0.1, 0.15) is 34.9 Å². The Morgan fingerprint density at radius 2 is 0.964 bits per heavy atom. The molecule has 0 aromatic heterocycles. The molecular formula is C46H60N4O6. The number of anilines is 2. The predicted molar refractivity (Wildman–Crippen MR) is 223 cm³/mol. The molecule has 56 heavy (non-hydrogen) atoms. The van der Waals surface area contributed by atoms with Crippen LogP contribution in [0.2, 0.25) is 0 Å². The third-order valence-electron chi connectivity index (χ3n) is 9.23. The fourth-order valence-corrected chi connectivity index (χ4v) is 6.61. The molecule has 0 aliphatic carbocycles. The molecule has 0 radical (unpaired) electrons. The number of hydrogen-bond donors (Lipinski definition) is 2. The minimum Gasteiger partial charge on any atom is -0.485 e. The van der Waals surface area contributed by atoms with Crippen LogP contribution in [0.1, 0.15) is 77.6 Å². The van der Waals surface area contributed by atoms with Gasteiger partial charge in [-0.2, -0.15) is 0 Å². The van der Waals surface area contributed by atoms with E-state index in [1.807, 2.05) is 128 Å². The number of nitrogens with zero attached hydrogens (tertiary/aromatic N) is 2. The quantitative estimate of drug-likeness (QED) is 0.158. The van der Waals surface area contributed by atoms with E-state index in [4.69, 9.17) is 30.4 Å². The van der Waals surface area contributed by atoms with Crippen molar-refractivity contribution in [1.82, 2.24) is 0 Å². The maximum atomic E-state index is 12.2. The predicted octanol–water partition coefficient (Wildman–Crippen LogP) is 7.37. The maximum absolute atomic E-state index is 12.2. The van der Waals surface area contributed by atoms with Crippen LogP contribution in [0.4, 0.5) is 11.4 Å². The molecule has 6 rings (SSSR count). The Hall–Kier alpha value is -5.06. The molecule has 4 aromatic rings. The van der Waals surface area contributed by atoms with E-state index in [-0.39, 0.29) is 49.1 Å². The van der Waals surface area contributed by atoms with E-state index < -0.39 is 11.2 Å². The number of hydrogen-bond acceptors (Lipinski definition) is 10. The summed E-state index contributed by atoms with van der Waals surface area (Å²) in [4.78, 5) is 29.0. The van der Waals surface area contributed by atoms with Gasteiger partial charge in [0.2, 0.25) is 0 Å². The van der Waals surface area contributed by atoms with Gasteiger partial charge >= 0.3 is 11.9 Å². The lowest BCUT2D eigenvalue weighted by Gasteiger charge is -2.38. The molecule has 10 nitrogen and oxygen atoms in total. The van der Waals surface area contributed by atoms with E-state index in [0.717, 1.165) is 47.1 Å². The smallest absolute Gasteiger partial charge is 0.310 e. The van der Waals surface area contributed by atoms with Crippen LogP contribution >= 0.6 is 0 Å². The minimum absolute atomic E-state index is 0.0760. The van der Waals surface area contributed by atoms with Crippen LogP contribution in [0.25, 0.3) is 0 Å². The molecule has 4 N–H and O–H groups in total. The first-order chi connectivity index (χ1) is 26.4. The van der Waals surface area contributed by atoms with Crippen LogP contribution in [-0.2, 0) is 45.0 Å². The highest BCUT2D eigenvalue weighted by molar-refractivity contribution is 5.75. The first kappa shape index (κ1) is 42.1. The lowest BCUT2D eigenvalue weighted by Crippen LogP contribution is -2.48. The Balaban J connectivity index is 0.000000214. The highest BCUT2D eigenvalue weighted by Gasteiger charge is 2.30. The zero-order valence-electron chi connectivity index (χ0n) is 34.3. The van der Waals surface area contributed by atoms with E-state index in [1.54, 1.807) is 0 Å². The summed E-state index contributed by atoms with van der Waals surface area (Å²) in [7, 11) is 0. The van der Waals surface area contributed by atoms with Crippen molar-refractivity contribution in [3.63, 3.8) is 0 Å². The molecule has 2 heterocycles. The molecule has 4 aromatic carbocycles. The van der Waals surface area contributed by atoms with Gasteiger partial charge in [-0.25, -0.2) is 0 Å². The second-order valence-electron chi connectivity index (χ2n) is 16.9. The van der Waals surface area contributed by atoms with E-state index >= 15 is 0 Å². The lowest BCUT2D eigenvalue weighted by molar-refractivity contribution is -0.155. The molecule has 2 aliphatic heterocycles. The van der Waals surface area contributed by atoms with E-state index in [2.05, 4.69) is 34.1 Å². The highest BCUT2D eigenvalue weighted by atomic mass is 16.6. The Bertz CT molecular complexity index is 1760. The summed E-state index contributed by atoms with van der Waals surface area (Å²) in [5, 5.41) is 0. The summed E-state index contributed by atoms with van der Waals surface area (Å²) in [6, 6.07) is 32.3. The molecule has 0 spiro atoms. The van der Waals surface area contributed by atoms with Gasteiger partial charge in [0.25, 0.3) is 0 Å². The van der Waals surface area contributed by atoms with Gasteiger partial charge in [-0.05, 0) is 102 Å².